The molecular weight excluding hydrogens is 156 g/mol. The van der Waals surface area contributed by atoms with Gasteiger partial charge in [0.25, 0.3) is 0 Å². The molecule has 0 nitrogen and oxygen atoms in total. The fourth-order valence-corrected chi connectivity index (χ4v) is 1.51. The molecule has 0 radical (unpaired) electrons. The van der Waals surface area contributed by atoms with E-state index in [-0.39, 0.29) is 0 Å². The van der Waals surface area contributed by atoms with Gasteiger partial charge in [-0.25, -0.2) is 0 Å². The second-order valence-corrected chi connectivity index (χ2v) is 4.91. The van der Waals surface area contributed by atoms with E-state index in [0.29, 0.717) is 5.41 Å². The van der Waals surface area contributed by atoms with Crippen molar-refractivity contribution in [3.8, 4) is 0 Å². The van der Waals surface area contributed by atoms with E-state index in [1.165, 1.54) is 11.1 Å². The SMILES string of the molecule is CCc1ccc(CC(C)(C)C)cc1. The number of aryl methyl sites for hydroxylation is 1. The van der Waals surface area contributed by atoms with Crippen LogP contribution in [0.15, 0.2) is 24.3 Å². The summed E-state index contributed by atoms with van der Waals surface area (Å²) in [6, 6.07) is 8.98. The van der Waals surface area contributed by atoms with Gasteiger partial charge in [-0.2, -0.15) is 0 Å². The fraction of sp³-hybridized carbons (Fsp3) is 0.538. The molecule has 0 saturated carbocycles. The molecule has 0 aliphatic heterocycles. The van der Waals surface area contributed by atoms with E-state index >= 15 is 0 Å². The zero-order valence-electron chi connectivity index (χ0n) is 9.22. The van der Waals surface area contributed by atoms with Crippen molar-refractivity contribution in [3.63, 3.8) is 0 Å². The van der Waals surface area contributed by atoms with Gasteiger partial charge in [0.2, 0.25) is 0 Å². The normalized spacial score (nSPS) is 11.7. The Balaban J connectivity index is 2.70. The lowest BCUT2D eigenvalue weighted by Crippen LogP contribution is -2.08. The molecule has 0 amide bonds. The summed E-state index contributed by atoms with van der Waals surface area (Å²) in [5.74, 6) is 0. The largest absolute Gasteiger partial charge is 0.0613 e. The van der Waals surface area contributed by atoms with Crippen molar-refractivity contribution in [2.75, 3.05) is 0 Å². The van der Waals surface area contributed by atoms with E-state index in [2.05, 4.69) is 52.0 Å². The molecule has 1 aromatic rings. The first kappa shape index (κ1) is 10.3. The van der Waals surface area contributed by atoms with Crippen LogP contribution in [-0.2, 0) is 12.8 Å². The zero-order chi connectivity index (χ0) is 9.90. The molecule has 0 spiro atoms. The zero-order valence-corrected chi connectivity index (χ0v) is 9.22. The molecule has 0 saturated heterocycles. The lowest BCUT2D eigenvalue weighted by atomic mass is 9.88. The molecule has 0 aromatic heterocycles. The van der Waals surface area contributed by atoms with Crippen LogP contribution in [0.3, 0.4) is 0 Å². The predicted octanol–water partition coefficient (Wildman–Crippen LogP) is 3.84. The van der Waals surface area contributed by atoms with Gasteiger partial charge in [0, 0.05) is 0 Å². The molecule has 0 atom stereocenters. The van der Waals surface area contributed by atoms with Crippen LogP contribution >= 0.6 is 0 Å². The number of benzene rings is 1. The third-order valence-electron chi connectivity index (χ3n) is 2.17. The van der Waals surface area contributed by atoms with E-state index in [0.717, 1.165) is 12.8 Å². The Kier molecular flexibility index (Phi) is 3.13. The summed E-state index contributed by atoms with van der Waals surface area (Å²) in [6.45, 7) is 9.03. The van der Waals surface area contributed by atoms with Gasteiger partial charge in [0.05, 0.1) is 0 Å². The predicted molar refractivity (Wildman–Crippen MR) is 59.0 cm³/mol. The van der Waals surface area contributed by atoms with Crippen molar-refractivity contribution in [2.45, 2.75) is 40.5 Å². The second-order valence-electron chi connectivity index (χ2n) is 4.91. The van der Waals surface area contributed by atoms with Gasteiger partial charge in [0.1, 0.15) is 0 Å². The molecule has 1 aromatic carbocycles. The standard InChI is InChI=1S/C13H20/c1-5-11-6-8-12(9-7-11)10-13(2,3)4/h6-9H,5,10H2,1-4H3. The fourth-order valence-electron chi connectivity index (χ4n) is 1.51. The molecule has 0 unspecified atom stereocenters. The van der Waals surface area contributed by atoms with Crippen molar-refractivity contribution >= 4 is 0 Å². The average Bonchev–Trinajstić information content (AvgIpc) is 2.03. The summed E-state index contributed by atoms with van der Waals surface area (Å²) < 4.78 is 0. The minimum Gasteiger partial charge on any atom is -0.0613 e. The van der Waals surface area contributed by atoms with Crippen LogP contribution in [0.1, 0.15) is 38.8 Å². The molecular formula is C13H20. The summed E-state index contributed by atoms with van der Waals surface area (Å²) in [7, 11) is 0. The van der Waals surface area contributed by atoms with Crippen molar-refractivity contribution in [3.05, 3.63) is 35.4 Å². The summed E-state index contributed by atoms with van der Waals surface area (Å²) in [4.78, 5) is 0. The lowest BCUT2D eigenvalue weighted by Gasteiger charge is -2.18. The first-order chi connectivity index (χ1) is 6.01. The molecule has 0 aliphatic rings. The molecule has 0 N–H and O–H groups in total. The molecule has 0 aliphatic carbocycles. The number of hydrogen-bond acceptors (Lipinski definition) is 0. The summed E-state index contributed by atoms with van der Waals surface area (Å²) in [5, 5.41) is 0. The quantitative estimate of drug-likeness (QED) is 0.642. The van der Waals surface area contributed by atoms with Crippen LogP contribution in [-0.4, -0.2) is 0 Å². The highest BCUT2D eigenvalue weighted by atomic mass is 14.2. The summed E-state index contributed by atoms with van der Waals surface area (Å²) in [6.07, 6.45) is 2.30. The maximum Gasteiger partial charge on any atom is -0.0230 e. The summed E-state index contributed by atoms with van der Waals surface area (Å²) >= 11 is 0. The monoisotopic (exact) mass is 176 g/mol. The molecule has 0 fully saturated rings. The van der Waals surface area contributed by atoms with Crippen molar-refractivity contribution < 1.29 is 0 Å². The highest BCUT2D eigenvalue weighted by Crippen LogP contribution is 2.20. The van der Waals surface area contributed by atoms with Gasteiger partial charge in [0.15, 0.2) is 0 Å². The first-order valence-electron chi connectivity index (χ1n) is 5.09. The Labute approximate surface area is 82.0 Å². The number of rotatable bonds is 2. The number of hydrogen-bond donors (Lipinski definition) is 0. The minimum atomic E-state index is 0.397. The van der Waals surface area contributed by atoms with Crippen LogP contribution in [0.2, 0.25) is 0 Å². The van der Waals surface area contributed by atoms with E-state index in [4.69, 9.17) is 0 Å². The molecule has 0 bridgehead atoms. The Morgan fingerprint density at radius 1 is 0.923 bits per heavy atom. The summed E-state index contributed by atoms with van der Waals surface area (Å²) in [5.41, 5.74) is 3.27. The molecule has 0 heteroatoms. The van der Waals surface area contributed by atoms with Crippen LogP contribution in [0, 0.1) is 5.41 Å². The highest BCUT2D eigenvalue weighted by molar-refractivity contribution is 5.23. The minimum absolute atomic E-state index is 0.397. The van der Waals surface area contributed by atoms with Gasteiger partial charge in [-0.1, -0.05) is 52.0 Å². The van der Waals surface area contributed by atoms with Crippen LogP contribution < -0.4 is 0 Å². The van der Waals surface area contributed by atoms with Crippen LogP contribution in [0.5, 0.6) is 0 Å². The maximum absolute atomic E-state index is 2.28. The smallest absolute Gasteiger partial charge is 0.0230 e. The van der Waals surface area contributed by atoms with Gasteiger partial charge in [-0.05, 0) is 29.4 Å². The van der Waals surface area contributed by atoms with Crippen molar-refractivity contribution in [1.82, 2.24) is 0 Å². The first-order valence-corrected chi connectivity index (χ1v) is 5.09. The van der Waals surface area contributed by atoms with Crippen molar-refractivity contribution in [1.29, 1.82) is 0 Å². The topological polar surface area (TPSA) is 0 Å². The average molecular weight is 176 g/mol. The van der Waals surface area contributed by atoms with Gasteiger partial charge >= 0.3 is 0 Å². The van der Waals surface area contributed by atoms with E-state index in [9.17, 15) is 0 Å². The van der Waals surface area contributed by atoms with E-state index < -0.39 is 0 Å². The van der Waals surface area contributed by atoms with Crippen LogP contribution in [0.4, 0.5) is 0 Å². The van der Waals surface area contributed by atoms with Gasteiger partial charge in [-0.15, -0.1) is 0 Å². The molecule has 0 heterocycles. The Bertz CT molecular complexity index is 248. The van der Waals surface area contributed by atoms with E-state index in [1.807, 2.05) is 0 Å². The van der Waals surface area contributed by atoms with Gasteiger partial charge in [-0.3, -0.25) is 0 Å². The molecule has 1 rings (SSSR count). The van der Waals surface area contributed by atoms with E-state index in [1.54, 1.807) is 0 Å². The highest BCUT2D eigenvalue weighted by Gasteiger charge is 2.10. The van der Waals surface area contributed by atoms with Gasteiger partial charge < -0.3 is 0 Å². The maximum atomic E-state index is 2.28. The third kappa shape index (κ3) is 3.63. The Morgan fingerprint density at radius 3 is 1.77 bits per heavy atom. The molecule has 72 valence electrons. The Hall–Kier alpha value is -0.780. The van der Waals surface area contributed by atoms with Crippen LogP contribution in [0.25, 0.3) is 0 Å². The third-order valence-corrected chi connectivity index (χ3v) is 2.17. The molecule has 13 heavy (non-hydrogen) atoms. The lowest BCUT2D eigenvalue weighted by molar-refractivity contribution is 0.411. The van der Waals surface area contributed by atoms with Crippen molar-refractivity contribution in [2.24, 2.45) is 5.41 Å². The second kappa shape index (κ2) is 3.95. The Morgan fingerprint density at radius 2 is 1.38 bits per heavy atom.